The van der Waals surface area contributed by atoms with E-state index >= 15 is 0 Å². The Morgan fingerprint density at radius 3 is 2.82 bits per heavy atom. The molecule has 0 unspecified atom stereocenters. The summed E-state index contributed by atoms with van der Waals surface area (Å²) >= 11 is 7.69. The van der Waals surface area contributed by atoms with Crippen molar-refractivity contribution in [3.05, 3.63) is 33.4 Å². The minimum atomic E-state index is -0.536. The van der Waals surface area contributed by atoms with Crippen LogP contribution in [0.3, 0.4) is 0 Å². The van der Waals surface area contributed by atoms with Crippen molar-refractivity contribution in [2.45, 2.75) is 6.10 Å². The smallest absolute Gasteiger partial charge is 0.0925 e. The van der Waals surface area contributed by atoms with Gasteiger partial charge in [0.15, 0.2) is 0 Å². The van der Waals surface area contributed by atoms with Gasteiger partial charge in [-0.25, -0.2) is 0 Å². The summed E-state index contributed by atoms with van der Waals surface area (Å²) in [6.45, 7) is 0. The molecule has 0 aliphatic heterocycles. The molecule has 0 aliphatic rings. The number of aliphatic hydroxyl groups is 1. The Hall–Kier alpha value is 0.200. The van der Waals surface area contributed by atoms with Gasteiger partial charge < -0.3 is 5.11 Å². The molecule has 0 saturated heterocycles. The third-order valence-corrected chi connectivity index (χ3v) is 2.34. The van der Waals surface area contributed by atoms with E-state index in [0.717, 1.165) is 9.13 Å². The number of halogens is 2. The summed E-state index contributed by atoms with van der Waals surface area (Å²) in [5.41, 5.74) is 0.881. The van der Waals surface area contributed by atoms with E-state index < -0.39 is 6.10 Å². The van der Waals surface area contributed by atoms with Gasteiger partial charge in [0.05, 0.1) is 12.0 Å². The lowest BCUT2D eigenvalue weighted by Crippen LogP contribution is -1.97. The fourth-order valence-corrected chi connectivity index (χ4v) is 1.55. The van der Waals surface area contributed by atoms with E-state index in [0.29, 0.717) is 0 Å². The summed E-state index contributed by atoms with van der Waals surface area (Å²) in [5, 5.41) is 9.32. The molecule has 0 bridgehead atoms. The van der Waals surface area contributed by atoms with Gasteiger partial charge in [-0.1, -0.05) is 12.1 Å². The number of hydrogen-bond acceptors (Lipinski definition) is 1. The summed E-state index contributed by atoms with van der Waals surface area (Å²) < 4.78 is 1.12. The summed E-state index contributed by atoms with van der Waals surface area (Å²) in [6, 6.07) is 7.68. The molecule has 0 aliphatic carbocycles. The molecule has 1 nitrogen and oxygen atoms in total. The first-order valence-electron chi connectivity index (χ1n) is 3.23. The topological polar surface area (TPSA) is 20.2 Å². The van der Waals surface area contributed by atoms with Gasteiger partial charge >= 0.3 is 0 Å². The van der Waals surface area contributed by atoms with Gasteiger partial charge in [-0.15, -0.1) is 11.6 Å². The van der Waals surface area contributed by atoms with Gasteiger partial charge in [-0.2, -0.15) is 0 Å². The zero-order chi connectivity index (χ0) is 8.27. The minimum Gasteiger partial charge on any atom is -0.387 e. The largest absolute Gasteiger partial charge is 0.387 e. The zero-order valence-corrected chi connectivity index (χ0v) is 8.71. The highest BCUT2D eigenvalue weighted by molar-refractivity contribution is 14.1. The molecule has 0 amide bonds. The molecule has 0 radical (unpaired) electrons. The molecule has 1 aromatic rings. The maximum Gasteiger partial charge on any atom is 0.0925 e. The van der Waals surface area contributed by atoms with Crippen LogP contribution in [-0.2, 0) is 0 Å². The molecular weight excluding hydrogens is 274 g/mol. The van der Waals surface area contributed by atoms with Gasteiger partial charge in [-0.3, -0.25) is 0 Å². The first kappa shape index (κ1) is 9.29. The zero-order valence-electron chi connectivity index (χ0n) is 5.80. The number of hydrogen-bond donors (Lipinski definition) is 1. The molecule has 1 N–H and O–H groups in total. The van der Waals surface area contributed by atoms with Crippen LogP contribution in [0, 0.1) is 3.57 Å². The molecule has 0 saturated carbocycles. The minimum absolute atomic E-state index is 0.250. The highest BCUT2D eigenvalue weighted by Gasteiger charge is 2.04. The Morgan fingerprint density at radius 2 is 2.27 bits per heavy atom. The summed E-state index contributed by atoms with van der Waals surface area (Å²) in [6.07, 6.45) is -0.536. The lowest BCUT2D eigenvalue weighted by atomic mass is 10.1. The van der Waals surface area contributed by atoms with E-state index in [2.05, 4.69) is 22.6 Å². The van der Waals surface area contributed by atoms with Crippen LogP contribution >= 0.6 is 34.2 Å². The molecule has 60 valence electrons. The number of alkyl halides is 1. The second-order valence-corrected chi connectivity index (χ2v) is 3.78. The number of rotatable bonds is 2. The van der Waals surface area contributed by atoms with E-state index in [-0.39, 0.29) is 5.88 Å². The lowest BCUT2D eigenvalue weighted by molar-refractivity contribution is 0.202. The fourth-order valence-electron chi connectivity index (χ4n) is 0.803. The lowest BCUT2D eigenvalue weighted by Gasteiger charge is -2.06. The van der Waals surface area contributed by atoms with Crippen molar-refractivity contribution < 1.29 is 5.11 Å². The van der Waals surface area contributed by atoms with Crippen molar-refractivity contribution >= 4 is 34.2 Å². The van der Waals surface area contributed by atoms with Crippen LogP contribution < -0.4 is 0 Å². The van der Waals surface area contributed by atoms with Crippen molar-refractivity contribution in [2.75, 3.05) is 5.88 Å². The quantitative estimate of drug-likeness (QED) is 0.653. The predicted octanol–water partition coefficient (Wildman–Crippen LogP) is 2.56. The number of benzene rings is 1. The highest BCUT2D eigenvalue weighted by Crippen LogP contribution is 2.16. The molecule has 0 heterocycles. The molecule has 0 spiro atoms. The van der Waals surface area contributed by atoms with Crippen LogP contribution in [0.1, 0.15) is 11.7 Å². The average Bonchev–Trinajstić information content (AvgIpc) is 2.03. The van der Waals surface area contributed by atoms with Gasteiger partial charge in [0.1, 0.15) is 0 Å². The van der Waals surface area contributed by atoms with Crippen molar-refractivity contribution in [2.24, 2.45) is 0 Å². The maximum absolute atomic E-state index is 9.32. The molecule has 1 aromatic carbocycles. The van der Waals surface area contributed by atoms with Gasteiger partial charge in [-0.05, 0) is 40.3 Å². The molecule has 11 heavy (non-hydrogen) atoms. The molecule has 3 heteroatoms. The van der Waals surface area contributed by atoms with E-state index in [1.165, 1.54) is 0 Å². The Bertz CT molecular complexity index is 239. The summed E-state index contributed by atoms with van der Waals surface area (Å²) in [4.78, 5) is 0. The van der Waals surface area contributed by atoms with Crippen molar-refractivity contribution in [1.29, 1.82) is 0 Å². The first-order valence-corrected chi connectivity index (χ1v) is 4.85. The maximum atomic E-state index is 9.32. The van der Waals surface area contributed by atoms with E-state index in [4.69, 9.17) is 11.6 Å². The second kappa shape index (κ2) is 4.28. The summed E-state index contributed by atoms with van der Waals surface area (Å²) in [5.74, 6) is 0.250. The second-order valence-electron chi connectivity index (χ2n) is 2.23. The standard InChI is InChI=1S/C8H8ClIO/c9-5-8(11)6-2-1-3-7(10)4-6/h1-4,8,11H,5H2/t8-/m0/s1. The van der Waals surface area contributed by atoms with Crippen molar-refractivity contribution in [1.82, 2.24) is 0 Å². The van der Waals surface area contributed by atoms with E-state index in [1.54, 1.807) is 0 Å². The van der Waals surface area contributed by atoms with E-state index in [1.807, 2.05) is 24.3 Å². The number of aliphatic hydroxyl groups excluding tert-OH is 1. The van der Waals surface area contributed by atoms with E-state index in [9.17, 15) is 5.11 Å². The average molecular weight is 283 g/mol. The Labute approximate surface area is 84.5 Å². The fraction of sp³-hybridized carbons (Fsp3) is 0.250. The predicted molar refractivity (Wildman–Crippen MR) is 54.8 cm³/mol. The van der Waals surface area contributed by atoms with Crippen molar-refractivity contribution in [3.8, 4) is 0 Å². The molecule has 0 aromatic heterocycles. The van der Waals surface area contributed by atoms with Crippen LogP contribution in [0.25, 0.3) is 0 Å². The Morgan fingerprint density at radius 1 is 1.55 bits per heavy atom. The van der Waals surface area contributed by atoms with Crippen LogP contribution in [-0.4, -0.2) is 11.0 Å². The van der Waals surface area contributed by atoms with Crippen LogP contribution in [0.4, 0.5) is 0 Å². The first-order chi connectivity index (χ1) is 5.24. The van der Waals surface area contributed by atoms with Gasteiger partial charge in [0.2, 0.25) is 0 Å². The summed E-state index contributed by atoms with van der Waals surface area (Å²) in [7, 11) is 0. The highest BCUT2D eigenvalue weighted by atomic mass is 127. The Kier molecular flexibility index (Phi) is 3.62. The van der Waals surface area contributed by atoms with Crippen molar-refractivity contribution in [3.63, 3.8) is 0 Å². The van der Waals surface area contributed by atoms with Gasteiger partial charge in [0.25, 0.3) is 0 Å². The normalized spacial score (nSPS) is 13.0. The SMILES string of the molecule is O[C@@H](CCl)c1cccc(I)c1. The molecular formula is C8H8ClIO. The molecule has 0 fully saturated rings. The molecule has 1 rings (SSSR count). The van der Waals surface area contributed by atoms with Crippen LogP contribution in [0.2, 0.25) is 0 Å². The van der Waals surface area contributed by atoms with Crippen LogP contribution in [0.15, 0.2) is 24.3 Å². The third-order valence-electron chi connectivity index (χ3n) is 1.38. The van der Waals surface area contributed by atoms with Crippen LogP contribution in [0.5, 0.6) is 0 Å². The molecule has 1 atom stereocenters. The monoisotopic (exact) mass is 282 g/mol. The Balaban J connectivity index is 2.86. The van der Waals surface area contributed by atoms with Gasteiger partial charge in [0, 0.05) is 3.57 Å². The third kappa shape index (κ3) is 2.61.